The topological polar surface area (TPSA) is 202 Å². The highest BCUT2D eigenvalue weighted by molar-refractivity contribution is 8.10. The van der Waals surface area contributed by atoms with Gasteiger partial charge in [0.05, 0.1) is 18.3 Å². The predicted molar refractivity (Wildman–Crippen MR) is 258 cm³/mol. The average molecular weight is 971 g/mol. The zero-order chi connectivity index (χ0) is 44.4. The van der Waals surface area contributed by atoms with Crippen molar-refractivity contribution in [3.63, 3.8) is 0 Å². The maximum absolute atomic E-state index is 12.2. The van der Waals surface area contributed by atoms with Crippen molar-refractivity contribution in [1.29, 1.82) is 5.26 Å². The number of carbonyl (C=O) groups excluding carboxylic acids is 2. The van der Waals surface area contributed by atoms with E-state index in [4.69, 9.17) is 43.7 Å². The Kier molecular flexibility index (Phi) is 22.7. The van der Waals surface area contributed by atoms with E-state index in [0.29, 0.717) is 56.3 Å². The van der Waals surface area contributed by atoms with Crippen molar-refractivity contribution >= 4 is 81.8 Å². The number of hydrogen-bond donors (Lipinski definition) is 5. The molecule has 4 saturated heterocycles. The highest BCUT2D eigenvalue weighted by Gasteiger charge is 2.39. The third-order valence-electron chi connectivity index (χ3n) is 11.5. The Morgan fingerprint density at radius 2 is 1.37 bits per heavy atom. The van der Waals surface area contributed by atoms with E-state index in [1.165, 1.54) is 11.1 Å². The van der Waals surface area contributed by atoms with Crippen LogP contribution in [-0.4, -0.2) is 157 Å². The molecule has 2 amide bonds. The van der Waals surface area contributed by atoms with Gasteiger partial charge in [0.25, 0.3) is 0 Å². The van der Waals surface area contributed by atoms with Crippen molar-refractivity contribution in [2.24, 2.45) is 4.36 Å². The number of ether oxygens (including phenoxy) is 2. The molecule has 3 aromatic rings. The number of likely N-dealkylation sites (N-methyl/N-ethyl adjacent to an activating group) is 2. The number of morpholine rings is 2. The number of nitrogen functional groups attached to an aromatic ring is 1. The fourth-order valence-electron chi connectivity index (χ4n) is 8.31. The van der Waals surface area contributed by atoms with Gasteiger partial charge < -0.3 is 36.1 Å². The molecule has 63 heavy (non-hydrogen) atoms. The predicted octanol–water partition coefficient (Wildman–Crippen LogP) is 4.16. The molecule has 21 heteroatoms. The van der Waals surface area contributed by atoms with Gasteiger partial charge in [-0.15, -0.1) is 17.5 Å². The van der Waals surface area contributed by atoms with E-state index in [1.807, 2.05) is 36.8 Å². The minimum Gasteiger partial charge on any atom is -0.368 e. The van der Waals surface area contributed by atoms with Crippen LogP contribution in [0.25, 0.3) is 0 Å². The number of benzene rings is 2. The summed E-state index contributed by atoms with van der Waals surface area (Å²) in [5.41, 5.74) is 8.13. The molecule has 5 atom stereocenters. The Morgan fingerprint density at radius 1 is 0.889 bits per heavy atom. The van der Waals surface area contributed by atoms with E-state index in [0.717, 1.165) is 79.8 Å². The number of amides is 2. The van der Waals surface area contributed by atoms with Crippen LogP contribution in [0, 0.1) is 11.5 Å². The summed E-state index contributed by atoms with van der Waals surface area (Å²) in [6.45, 7) is 6.15. The van der Waals surface area contributed by atoms with Gasteiger partial charge in [0.1, 0.15) is 12.2 Å². The minimum absolute atomic E-state index is 0. The maximum atomic E-state index is 12.2. The number of aromatic nitrogens is 3. The van der Waals surface area contributed by atoms with Gasteiger partial charge in [-0.3, -0.25) is 19.4 Å². The minimum atomic E-state index is -0.442. The Balaban J connectivity index is 0.000000237. The van der Waals surface area contributed by atoms with Crippen LogP contribution < -0.4 is 26.6 Å². The third kappa shape index (κ3) is 16.3. The smallest absolute Gasteiger partial charge is 0.250 e. The van der Waals surface area contributed by atoms with Gasteiger partial charge in [0.2, 0.25) is 29.9 Å². The molecule has 348 valence electrons. The van der Waals surface area contributed by atoms with Gasteiger partial charge in [-0.1, -0.05) is 58.2 Å². The van der Waals surface area contributed by atoms with Gasteiger partial charge in [-0.25, -0.2) is 5.10 Å². The number of nitriles is 1. The van der Waals surface area contributed by atoms with Crippen LogP contribution in [0.5, 0.6) is 0 Å². The third-order valence-corrected chi connectivity index (χ3v) is 14.7. The van der Waals surface area contributed by atoms with Gasteiger partial charge in [-0.2, -0.15) is 26.4 Å². The number of piperidine rings is 2. The lowest BCUT2D eigenvalue weighted by atomic mass is 9.96. The molecular weight excluding hydrogens is 907 g/mol. The van der Waals surface area contributed by atoms with Gasteiger partial charge in [0, 0.05) is 74.5 Å². The van der Waals surface area contributed by atoms with E-state index in [1.54, 1.807) is 32.1 Å². The summed E-state index contributed by atoms with van der Waals surface area (Å²) in [4.78, 5) is 35.6. The van der Waals surface area contributed by atoms with Gasteiger partial charge >= 0.3 is 0 Å². The Bertz CT molecular complexity index is 1910. The summed E-state index contributed by atoms with van der Waals surface area (Å²) in [6.07, 6.45) is 10.9. The number of aromatic amines is 1. The molecule has 0 spiro atoms. The van der Waals surface area contributed by atoms with Crippen molar-refractivity contribution in [2.75, 3.05) is 94.8 Å². The molecule has 2 aromatic carbocycles. The van der Waals surface area contributed by atoms with Crippen LogP contribution in [0.4, 0.5) is 11.9 Å². The monoisotopic (exact) mass is 968 g/mol. The summed E-state index contributed by atoms with van der Waals surface area (Å²) >= 11 is 13.7. The summed E-state index contributed by atoms with van der Waals surface area (Å²) < 4.78 is 15.4. The summed E-state index contributed by atoms with van der Waals surface area (Å²) in [5, 5.41) is 26.2. The van der Waals surface area contributed by atoms with E-state index in [2.05, 4.69) is 74.5 Å². The van der Waals surface area contributed by atoms with Crippen molar-refractivity contribution in [2.45, 2.75) is 74.9 Å². The number of carbonyl (C=O) groups is 2. The molecule has 1 aromatic heterocycles. The van der Waals surface area contributed by atoms with E-state index in [9.17, 15) is 9.59 Å². The number of nitrogens with zero attached hydrogens (tertiary/aromatic N) is 7. The number of hydrogen-bond acceptors (Lipinski definition) is 14. The molecule has 4 fully saturated rings. The lowest BCUT2D eigenvalue weighted by Crippen LogP contribution is -2.59. The highest BCUT2D eigenvalue weighted by Crippen LogP contribution is 2.28. The Labute approximate surface area is 394 Å². The molecule has 1 unspecified atom stereocenters. The molecular formula is C42H63Cl3N12O4S2. The van der Waals surface area contributed by atoms with Crippen LogP contribution in [0.3, 0.4) is 0 Å². The van der Waals surface area contributed by atoms with Crippen LogP contribution in [-0.2, 0) is 42.6 Å². The molecule has 16 nitrogen and oxygen atoms in total. The second-order valence-electron chi connectivity index (χ2n) is 15.7. The van der Waals surface area contributed by atoms with E-state index in [-0.39, 0.29) is 47.1 Å². The SMILES string of the molecule is CNC(=O)[C@H]1CN(C2CCN(c3n[nH]c(N)n3)CC2)[C@@H](Cc2ccc(Cl)cc2)CO1.CNC(=O)[C@H]1CN(C2CCNCC2)[C@@H](Cc2ccc(Cl)cc2)CO1.CSCS(C)=NC#N.Cl. The number of nitrogens with two attached hydrogens (primary N) is 1. The summed E-state index contributed by atoms with van der Waals surface area (Å²) in [6, 6.07) is 17.4. The molecule has 0 bridgehead atoms. The van der Waals surface area contributed by atoms with Crippen LogP contribution in [0.1, 0.15) is 36.8 Å². The Morgan fingerprint density at radius 3 is 1.78 bits per heavy atom. The van der Waals surface area contributed by atoms with Crippen LogP contribution in [0.15, 0.2) is 52.9 Å². The molecule has 0 aliphatic carbocycles. The largest absolute Gasteiger partial charge is 0.368 e. The number of nitrogens with one attached hydrogen (secondary N) is 4. The van der Waals surface area contributed by atoms with Crippen LogP contribution in [0.2, 0.25) is 10.0 Å². The lowest BCUT2D eigenvalue weighted by Gasteiger charge is -2.46. The second-order valence-corrected chi connectivity index (χ2v) is 19.4. The van der Waals surface area contributed by atoms with Crippen molar-refractivity contribution < 1.29 is 19.1 Å². The Hall–Kier alpha value is -3.22. The summed E-state index contributed by atoms with van der Waals surface area (Å²) in [5.74, 6) is 0.878. The molecule has 0 radical (unpaired) electrons. The average Bonchev–Trinajstić information content (AvgIpc) is 3.74. The summed E-state index contributed by atoms with van der Waals surface area (Å²) in [7, 11) is 3.27. The quantitative estimate of drug-likeness (QED) is 0.172. The van der Waals surface area contributed by atoms with Gasteiger partial charge in [0.15, 0.2) is 0 Å². The first-order valence-corrected chi connectivity index (χ1v) is 24.9. The first-order valence-electron chi connectivity index (χ1n) is 21.0. The fourth-order valence-corrected chi connectivity index (χ4v) is 10.3. The zero-order valence-corrected chi connectivity index (χ0v) is 40.5. The molecule has 0 saturated carbocycles. The van der Waals surface area contributed by atoms with Gasteiger partial charge in [-0.05, 0) is 99.5 Å². The number of anilines is 2. The second kappa shape index (κ2) is 27.3. The van der Waals surface area contributed by atoms with E-state index >= 15 is 0 Å². The van der Waals surface area contributed by atoms with Crippen LogP contribution >= 0.6 is 47.4 Å². The van der Waals surface area contributed by atoms with Crippen molar-refractivity contribution in [3.05, 3.63) is 69.7 Å². The van der Waals surface area contributed by atoms with E-state index < -0.39 is 6.10 Å². The maximum Gasteiger partial charge on any atom is 0.250 e. The fraction of sp³-hybridized carbons (Fsp3) is 0.595. The van der Waals surface area contributed by atoms with Crippen molar-refractivity contribution in [3.8, 4) is 6.19 Å². The normalized spacial score (nSPS) is 22.8. The zero-order valence-electron chi connectivity index (χ0n) is 36.5. The first-order chi connectivity index (χ1) is 30.0. The number of rotatable bonds is 11. The lowest BCUT2D eigenvalue weighted by molar-refractivity contribution is -0.145. The number of H-pyrrole nitrogens is 1. The standard InChI is InChI=1S/C20H28ClN7O2.C18H26ClN3O2.C4H8N2S2.ClH/c1-23-18(29)17-11-28(16(12-30-17)10-13-2-4-14(21)5-3-13)15-6-8-27(9-7-15)20-24-19(22)25-26-20;1-20-18(23)17-11-22(15-6-8-21-9-7-15)16(12-24-17)10-13-2-4-14(19)5-3-13;1-7-4-8(2)6-3-5;/h2-5,15-17H,6-12H2,1H3,(H,23,29)(H3,22,24,25,26);2-5,15-17,21H,6-12H2,1H3,(H,20,23);4H2,1-2H3;1H/t2*16-,17+;;/m00../s1. The number of halogens is 3. The molecule has 4 aliphatic rings. The molecule has 6 N–H and O–H groups in total. The first kappa shape index (κ1) is 52.4. The molecule has 5 heterocycles. The van der Waals surface area contributed by atoms with Crippen molar-refractivity contribution in [1.82, 2.24) is 40.9 Å². The molecule has 4 aliphatic heterocycles. The number of thioether (sulfide) groups is 1. The molecule has 7 rings (SSSR count). The highest BCUT2D eigenvalue weighted by atomic mass is 35.5.